The standard InChI is InChI=1S/C26H35BN2O5/c1-17(2)13-24(27(32)33)29-26(31)23(14-18-7-5-4-6-8-18)28-25(30)21-10-9-20-16-22(34-3)12-11-19(20)15-21/h4-8,11-12,16-17,21,23-24,32-33H,9-10,13-15H2,1-3H3,(H,28,30)(H,29,31)/t21?,23?,24-/m0/s1. The van der Waals surface area contributed by atoms with Gasteiger partial charge < -0.3 is 25.4 Å². The fraction of sp³-hybridized carbons (Fsp3) is 0.462. The molecule has 0 aromatic heterocycles. The lowest BCUT2D eigenvalue weighted by Gasteiger charge is -2.28. The molecule has 8 heteroatoms. The predicted molar refractivity (Wildman–Crippen MR) is 132 cm³/mol. The molecule has 182 valence electrons. The van der Waals surface area contributed by atoms with Crippen molar-refractivity contribution in [3.63, 3.8) is 0 Å². The van der Waals surface area contributed by atoms with Crippen molar-refractivity contribution in [1.82, 2.24) is 10.6 Å². The SMILES string of the molecule is COc1ccc2c(c1)CCC(C(=O)NC(Cc1ccccc1)C(=O)N[C@@H](CC(C)C)B(O)O)C2. The molecule has 0 bridgehead atoms. The molecule has 0 radical (unpaired) electrons. The van der Waals surface area contributed by atoms with Crippen LogP contribution >= 0.6 is 0 Å². The molecule has 1 aliphatic rings. The number of aryl methyl sites for hydroxylation is 1. The minimum Gasteiger partial charge on any atom is -0.497 e. The summed E-state index contributed by atoms with van der Waals surface area (Å²) < 4.78 is 5.30. The third-order valence-corrected chi connectivity index (χ3v) is 6.34. The first-order chi connectivity index (χ1) is 16.3. The van der Waals surface area contributed by atoms with Crippen LogP contribution in [0.25, 0.3) is 0 Å². The number of hydrogen-bond donors (Lipinski definition) is 4. The summed E-state index contributed by atoms with van der Waals surface area (Å²) in [6, 6.07) is 14.6. The quantitative estimate of drug-likeness (QED) is 0.401. The molecule has 3 rings (SSSR count). The fourth-order valence-corrected chi connectivity index (χ4v) is 4.48. The number of nitrogens with one attached hydrogen (secondary N) is 2. The van der Waals surface area contributed by atoms with Crippen LogP contribution in [-0.4, -0.2) is 48.1 Å². The van der Waals surface area contributed by atoms with Crippen molar-refractivity contribution in [2.45, 2.75) is 57.9 Å². The van der Waals surface area contributed by atoms with Gasteiger partial charge in [-0.05, 0) is 60.4 Å². The van der Waals surface area contributed by atoms with Crippen molar-refractivity contribution in [2.75, 3.05) is 7.11 Å². The molecule has 0 aliphatic heterocycles. The maximum absolute atomic E-state index is 13.2. The highest BCUT2D eigenvalue weighted by Gasteiger charge is 2.32. The van der Waals surface area contributed by atoms with Crippen LogP contribution in [0.15, 0.2) is 48.5 Å². The second kappa shape index (κ2) is 12.0. The first-order valence-corrected chi connectivity index (χ1v) is 11.9. The average molecular weight is 466 g/mol. The van der Waals surface area contributed by atoms with Crippen molar-refractivity contribution in [2.24, 2.45) is 11.8 Å². The minimum absolute atomic E-state index is 0.162. The van der Waals surface area contributed by atoms with Crippen LogP contribution in [0.1, 0.15) is 43.4 Å². The summed E-state index contributed by atoms with van der Waals surface area (Å²) in [4.78, 5) is 26.4. The lowest BCUT2D eigenvalue weighted by Crippen LogP contribution is -2.55. The number of carbonyl (C=O) groups excluding carboxylic acids is 2. The van der Waals surface area contributed by atoms with Crippen LogP contribution in [0.2, 0.25) is 0 Å². The molecule has 34 heavy (non-hydrogen) atoms. The number of ether oxygens (including phenoxy) is 1. The smallest absolute Gasteiger partial charge is 0.475 e. The third kappa shape index (κ3) is 7.08. The normalized spacial score (nSPS) is 16.8. The van der Waals surface area contributed by atoms with Crippen LogP contribution in [0.3, 0.4) is 0 Å². The number of fused-ring (bicyclic) bond motifs is 1. The number of amides is 2. The van der Waals surface area contributed by atoms with Gasteiger partial charge in [0.05, 0.1) is 13.1 Å². The monoisotopic (exact) mass is 466 g/mol. The summed E-state index contributed by atoms with van der Waals surface area (Å²) in [5.41, 5.74) is 3.22. The van der Waals surface area contributed by atoms with E-state index in [0.717, 1.165) is 23.3 Å². The molecule has 3 atom stereocenters. The fourth-order valence-electron chi connectivity index (χ4n) is 4.48. The zero-order chi connectivity index (χ0) is 24.7. The second-order valence-corrected chi connectivity index (χ2v) is 9.48. The van der Waals surface area contributed by atoms with E-state index < -0.39 is 25.0 Å². The molecular formula is C26H35BN2O5. The van der Waals surface area contributed by atoms with Crippen molar-refractivity contribution < 1.29 is 24.4 Å². The van der Waals surface area contributed by atoms with Gasteiger partial charge in [-0.2, -0.15) is 0 Å². The molecule has 0 saturated heterocycles. The summed E-state index contributed by atoms with van der Waals surface area (Å²) in [5, 5.41) is 25.2. The van der Waals surface area contributed by atoms with Crippen molar-refractivity contribution in [3.8, 4) is 5.75 Å². The van der Waals surface area contributed by atoms with E-state index in [1.54, 1.807) is 7.11 Å². The van der Waals surface area contributed by atoms with E-state index in [0.29, 0.717) is 25.7 Å². The van der Waals surface area contributed by atoms with Crippen molar-refractivity contribution in [3.05, 3.63) is 65.2 Å². The van der Waals surface area contributed by atoms with E-state index in [-0.39, 0.29) is 17.7 Å². The van der Waals surface area contributed by atoms with Gasteiger partial charge in [0.15, 0.2) is 0 Å². The highest BCUT2D eigenvalue weighted by atomic mass is 16.5. The Balaban J connectivity index is 1.72. The molecule has 1 aliphatic carbocycles. The minimum atomic E-state index is -1.67. The van der Waals surface area contributed by atoms with Gasteiger partial charge >= 0.3 is 7.12 Å². The molecule has 2 unspecified atom stereocenters. The van der Waals surface area contributed by atoms with E-state index >= 15 is 0 Å². The zero-order valence-electron chi connectivity index (χ0n) is 20.2. The Hall–Kier alpha value is -2.84. The van der Waals surface area contributed by atoms with Crippen molar-refractivity contribution >= 4 is 18.9 Å². The zero-order valence-corrected chi connectivity index (χ0v) is 20.2. The number of rotatable bonds is 10. The maximum Gasteiger partial charge on any atom is 0.475 e. The van der Waals surface area contributed by atoms with Crippen LogP contribution < -0.4 is 15.4 Å². The Kier molecular flexibility index (Phi) is 9.13. The van der Waals surface area contributed by atoms with Gasteiger partial charge in [-0.25, -0.2) is 0 Å². The van der Waals surface area contributed by atoms with Crippen LogP contribution in [0.4, 0.5) is 0 Å². The molecule has 2 amide bonds. The van der Waals surface area contributed by atoms with Gasteiger partial charge in [-0.1, -0.05) is 50.2 Å². The predicted octanol–water partition coefficient (Wildman–Crippen LogP) is 2.07. The Bertz CT molecular complexity index is 967. The molecule has 0 fully saturated rings. The number of methoxy groups -OCH3 is 1. The number of benzene rings is 2. The summed E-state index contributed by atoms with van der Waals surface area (Å²) in [7, 11) is -0.0356. The molecular weight excluding hydrogens is 431 g/mol. The molecule has 2 aromatic carbocycles. The lowest BCUT2D eigenvalue weighted by atomic mass is 9.75. The second-order valence-electron chi connectivity index (χ2n) is 9.48. The molecule has 0 spiro atoms. The Morgan fingerprint density at radius 3 is 2.47 bits per heavy atom. The topological polar surface area (TPSA) is 108 Å². The summed E-state index contributed by atoms with van der Waals surface area (Å²) >= 11 is 0. The highest BCUT2D eigenvalue weighted by Crippen LogP contribution is 2.29. The van der Waals surface area contributed by atoms with Crippen LogP contribution in [0.5, 0.6) is 5.75 Å². The number of hydrogen-bond acceptors (Lipinski definition) is 5. The molecule has 4 N–H and O–H groups in total. The Morgan fingerprint density at radius 2 is 1.82 bits per heavy atom. The Morgan fingerprint density at radius 1 is 1.09 bits per heavy atom. The first-order valence-electron chi connectivity index (χ1n) is 11.9. The largest absolute Gasteiger partial charge is 0.497 e. The van der Waals surface area contributed by atoms with E-state index in [4.69, 9.17) is 4.74 Å². The first kappa shape index (κ1) is 25.8. The molecule has 0 heterocycles. The summed E-state index contributed by atoms with van der Waals surface area (Å²) in [5.74, 6) is -0.654. The molecule has 2 aromatic rings. The highest BCUT2D eigenvalue weighted by molar-refractivity contribution is 6.43. The maximum atomic E-state index is 13.2. The van der Waals surface area contributed by atoms with Gasteiger partial charge in [0.1, 0.15) is 11.8 Å². The lowest BCUT2D eigenvalue weighted by molar-refractivity contribution is -0.131. The molecule has 0 saturated carbocycles. The third-order valence-electron chi connectivity index (χ3n) is 6.34. The molecule has 7 nitrogen and oxygen atoms in total. The summed E-state index contributed by atoms with van der Waals surface area (Å²) in [6.07, 6.45) is 2.80. The average Bonchev–Trinajstić information content (AvgIpc) is 2.82. The van der Waals surface area contributed by atoms with Gasteiger partial charge in [0, 0.05) is 12.3 Å². The van der Waals surface area contributed by atoms with Crippen LogP contribution in [0, 0.1) is 11.8 Å². The van der Waals surface area contributed by atoms with E-state index in [1.165, 1.54) is 5.56 Å². The van der Waals surface area contributed by atoms with Gasteiger partial charge in [-0.15, -0.1) is 0 Å². The summed E-state index contributed by atoms with van der Waals surface area (Å²) in [6.45, 7) is 3.89. The number of carbonyl (C=O) groups is 2. The van der Waals surface area contributed by atoms with Gasteiger partial charge in [0.25, 0.3) is 0 Å². The van der Waals surface area contributed by atoms with Gasteiger partial charge in [-0.3, -0.25) is 9.59 Å². The van der Waals surface area contributed by atoms with E-state index in [9.17, 15) is 19.6 Å². The van der Waals surface area contributed by atoms with Crippen molar-refractivity contribution in [1.29, 1.82) is 0 Å². The van der Waals surface area contributed by atoms with E-state index in [2.05, 4.69) is 10.6 Å². The van der Waals surface area contributed by atoms with Gasteiger partial charge in [0.2, 0.25) is 11.8 Å². The van der Waals surface area contributed by atoms with E-state index in [1.807, 2.05) is 62.4 Å². The Labute approximate surface area is 202 Å². The van der Waals surface area contributed by atoms with Crippen LogP contribution in [-0.2, 0) is 28.9 Å².